The third-order valence-corrected chi connectivity index (χ3v) is 4.92. The zero-order valence-corrected chi connectivity index (χ0v) is 14.6. The highest BCUT2D eigenvalue weighted by Crippen LogP contribution is 2.29. The topological polar surface area (TPSA) is 95.7 Å². The Hall–Kier alpha value is -2.41. The van der Waals surface area contributed by atoms with Gasteiger partial charge in [-0.25, -0.2) is 4.79 Å². The highest BCUT2D eigenvalue weighted by Gasteiger charge is 2.43. The van der Waals surface area contributed by atoms with Crippen LogP contribution in [0.5, 0.6) is 0 Å². The molecule has 4 amide bonds. The molecule has 0 saturated carbocycles. The number of nitrogens with one attached hydrogen (secondary N) is 1. The maximum atomic E-state index is 12.2. The van der Waals surface area contributed by atoms with Gasteiger partial charge in [0, 0.05) is 19.6 Å². The highest BCUT2D eigenvalue weighted by molar-refractivity contribution is 6.06. The number of urea groups is 1. The molecule has 2 aliphatic heterocycles. The van der Waals surface area contributed by atoms with Crippen molar-refractivity contribution >= 4 is 17.8 Å². The molecular formula is C18H24N4O3. The molecule has 1 saturated heterocycles. The lowest BCUT2D eigenvalue weighted by Gasteiger charge is -2.35. The molecule has 0 aromatic heterocycles. The summed E-state index contributed by atoms with van der Waals surface area (Å²) in [5.74, 6) is -0.587. The molecule has 1 aromatic rings. The van der Waals surface area contributed by atoms with Crippen molar-refractivity contribution in [3.05, 3.63) is 35.4 Å². The summed E-state index contributed by atoms with van der Waals surface area (Å²) in [5.41, 5.74) is 6.89. The molecule has 7 heteroatoms. The number of carbonyl (C=O) groups excluding carboxylic acids is 3. The molecule has 1 atom stereocenters. The Morgan fingerprint density at radius 2 is 2.00 bits per heavy atom. The minimum absolute atomic E-state index is 0.215. The van der Waals surface area contributed by atoms with E-state index in [0.717, 1.165) is 24.1 Å². The number of rotatable bonds is 5. The third kappa shape index (κ3) is 3.24. The van der Waals surface area contributed by atoms with E-state index in [2.05, 4.69) is 5.32 Å². The fraction of sp³-hybridized carbons (Fsp3) is 0.500. The van der Waals surface area contributed by atoms with Crippen LogP contribution in [0.3, 0.4) is 0 Å². The van der Waals surface area contributed by atoms with E-state index < -0.39 is 11.6 Å². The first-order chi connectivity index (χ1) is 11.8. The summed E-state index contributed by atoms with van der Waals surface area (Å²) in [5, 5.41) is 2.67. The summed E-state index contributed by atoms with van der Waals surface area (Å²) in [6, 6.07) is 7.03. The molecule has 0 radical (unpaired) electrons. The highest BCUT2D eigenvalue weighted by atomic mass is 16.2. The number of imide groups is 1. The number of carbonyl (C=O) groups is 3. The van der Waals surface area contributed by atoms with Gasteiger partial charge >= 0.3 is 6.03 Å². The Morgan fingerprint density at radius 1 is 1.28 bits per heavy atom. The van der Waals surface area contributed by atoms with Crippen LogP contribution >= 0.6 is 0 Å². The van der Waals surface area contributed by atoms with Crippen molar-refractivity contribution in [2.75, 3.05) is 19.6 Å². The number of primary amides is 1. The molecule has 3 rings (SSSR count). The van der Waals surface area contributed by atoms with Gasteiger partial charge in [-0.3, -0.25) is 19.4 Å². The lowest BCUT2D eigenvalue weighted by atomic mass is 9.92. The average Bonchev–Trinajstić information content (AvgIpc) is 2.75. The average molecular weight is 344 g/mol. The molecule has 134 valence electrons. The number of benzene rings is 1. The summed E-state index contributed by atoms with van der Waals surface area (Å²) in [6.07, 6.45) is 1.46. The molecule has 0 spiro atoms. The number of nitrogens with two attached hydrogens (primary N) is 1. The SMILES string of the molecule is CC1(C)NC(=O)N(CCCN2CCc3ccccc3[C@@H]2C(N)=O)C1=O. The van der Waals surface area contributed by atoms with E-state index in [4.69, 9.17) is 5.73 Å². The van der Waals surface area contributed by atoms with Crippen LogP contribution in [0.1, 0.15) is 37.4 Å². The molecule has 0 aliphatic carbocycles. The van der Waals surface area contributed by atoms with Gasteiger partial charge < -0.3 is 11.1 Å². The normalized spacial score (nSPS) is 22.6. The lowest BCUT2D eigenvalue weighted by Crippen LogP contribution is -2.44. The Balaban J connectivity index is 1.65. The monoisotopic (exact) mass is 344 g/mol. The second kappa shape index (κ2) is 6.48. The summed E-state index contributed by atoms with van der Waals surface area (Å²) < 4.78 is 0. The third-order valence-electron chi connectivity index (χ3n) is 4.92. The standard InChI is InChI=1S/C18H24N4O3/c1-18(2)16(24)22(17(25)20-18)10-5-9-21-11-8-12-6-3-4-7-13(12)14(21)15(19)23/h3-4,6-7,14H,5,8-11H2,1-2H3,(H2,19,23)(H,20,25)/t14-/m1/s1. The number of amides is 4. The van der Waals surface area contributed by atoms with Crippen LogP contribution in [0.2, 0.25) is 0 Å². The van der Waals surface area contributed by atoms with E-state index in [1.165, 1.54) is 4.90 Å². The molecule has 0 bridgehead atoms. The molecule has 2 aliphatic rings. The molecule has 2 heterocycles. The van der Waals surface area contributed by atoms with E-state index in [0.29, 0.717) is 19.5 Å². The van der Waals surface area contributed by atoms with Gasteiger partial charge in [0.05, 0.1) is 0 Å². The molecular weight excluding hydrogens is 320 g/mol. The fourth-order valence-electron chi connectivity index (χ4n) is 3.65. The van der Waals surface area contributed by atoms with Gasteiger partial charge in [-0.15, -0.1) is 0 Å². The van der Waals surface area contributed by atoms with Crippen molar-refractivity contribution in [3.63, 3.8) is 0 Å². The smallest absolute Gasteiger partial charge is 0.325 e. The molecule has 25 heavy (non-hydrogen) atoms. The van der Waals surface area contributed by atoms with Gasteiger partial charge in [-0.2, -0.15) is 0 Å². The van der Waals surface area contributed by atoms with Crippen molar-refractivity contribution in [2.24, 2.45) is 5.73 Å². The van der Waals surface area contributed by atoms with E-state index in [1.807, 2.05) is 29.2 Å². The zero-order valence-electron chi connectivity index (χ0n) is 14.6. The minimum Gasteiger partial charge on any atom is -0.368 e. The van der Waals surface area contributed by atoms with Crippen LogP contribution in [-0.4, -0.2) is 52.8 Å². The van der Waals surface area contributed by atoms with E-state index >= 15 is 0 Å². The van der Waals surface area contributed by atoms with Crippen LogP contribution in [0, 0.1) is 0 Å². The van der Waals surface area contributed by atoms with Crippen molar-refractivity contribution in [1.29, 1.82) is 0 Å². The van der Waals surface area contributed by atoms with Crippen LogP contribution in [0.25, 0.3) is 0 Å². The zero-order chi connectivity index (χ0) is 18.2. The van der Waals surface area contributed by atoms with E-state index in [9.17, 15) is 14.4 Å². The molecule has 1 aromatic carbocycles. The summed E-state index contributed by atoms with van der Waals surface area (Å²) >= 11 is 0. The summed E-state index contributed by atoms with van der Waals surface area (Å²) in [7, 11) is 0. The Bertz CT molecular complexity index is 716. The van der Waals surface area contributed by atoms with Crippen molar-refractivity contribution < 1.29 is 14.4 Å². The molecule has 0 unspecified atom stereocenters. The van der Waals surface area contributed by atoms with Crippen molar-refractivity contribution in [3.8, 4) is 0 Å². The van der Waals surface area contributed by atoms with Crippen LogP contribution < -0.4 is 11.1 Å². The van der Waals surface area contributed by atoms with E-state index in [1.54, 1.807) is 13.8 Å². The Morgan fingerprint density at radius 3 is 2.64 bits per heavy atom. The summed E-state index contributed by atoms with van der Waals surface area (Å²) in [4.78, 5) is 39.4. The van der Waals surface area contributed by atoms with Gasteiger partial charge in [0.2, 0.25) is 5.91 Å². The Labute approximate surface area is 147 Å². The first-order valence-electron chi connectivity index (χ1n) is 8.56. The Kier molecular flexibility index (Phi) is 4.51. The van der Waals surface area contributed by atoms with Crippen molar-refractivity contribution in [2.45, 2.75) is 38.3 Å². The molecule has 3 N–H and O–H groups in total. The number of fused-ring (bicyclic) bond motifs is 1. The number of hydrogen-bond donors (Lipinski definition) is 2. The van der Waals surface area contributed by atoms with Gasteiger partial charge in [-0.05, 0) is 37.8 Å². The molecule has 1 fully saturated rings. The first kappa shape index (κ1) is 17.4. The van der Waals surface area contributed by atoms with Crippen LogP contribution in [-0.2, 0) is 16.0 Å². The second-order valence-electron chi connectivity index (χ2n) is 7.16. The maximum Gasteiger partial charge on any atom is 0.325 e. The largest absolute Gasteiger partial charge is 0.368 e. The predicted octanol–water partition coefficient (Wildman–Crippen LogP) is 0.792. The first-order valence-corrected chi connectivity index (χ1v) is 8.56. The summed E-state index contributed by atoms with van der Waals surface area (Å²) in [6.45, 7) is 5.04. The fourth-order valence-corrected chi connectivity index (χ4v) is 3.65. The van der Waals surface area contributed by atoms with Crippen LogP contribution in [0.4, 0.5) is 4.79 Å². The van der Waals surface area contributed by atoms with Crippen LogP contribution in [0.15, 0.2) is 24.3 Å². The number of hydrogen-bond acceptors (Lipinski definition) is 4. The number of nitrogens with zero attached hydrogens (tertiary/aromatic N) is 2. The predicted molar refractivity (Wildman–Crippen MR) is 92.6 cm³/mol. The maximum absolute atomic E-state index is 12.2. The van der Waals surface area contributed by atoms with Crippen molar-refractivity contribution in [1.82, 2.24) is 15.1 Å². The minimum atomic E-state index is -0.850. The lowest BCUT2D eigenvalue weighted by molar-refractivity contribution is -0.130. The van der Waals surface area contributed by atoms with Gasteiger partial charge in [-0.1, -0.05) is 24.3 Å². The second-order valence-corrected chi connectivity index (χ2v) is 7.16. The molecule has 7 nitrogen and oxygen atoms in total. The quantitative estimate of drug-likeness (QED) is 0.772. The van der Waals surface area contributed by atoms with Gasteiger partial charge in [0.1, 0.15) is 11.6 Å². The van der Waals surface area contributed by atoms with Gasteiger partial charge in [0.15, 0.2) is 0 Å². The van der Waals surface area contributed by atoms with Gasteiger partial charge in [0.25, 0.3) is 5.91 Å². The van der Waals surface area contributed by atoms with E-state index in [-0.39, 0.29) is 17.8 Å².